The number of benzene rings is 1. The molecule has 0 saturated carbocycles. The zero-order chi connectivity index (χ0) is 11.9. The number of nitrogens with two attached hydrogens (primary N) is 1. The van der Waals surface area contributed by atoms with Gasteiger partial charge in [-0.25, -0.2) is 0 Å². The second-order valence-electron chi connectivity index (χ2n) is 4.10. The number of ether oxygens (including phenoxy) is 2. The molecule has 0 amide bonds. The average Bonchev–Trinajstić information content (AvgIpc) is 2.36. The molecule has 0 aromatic heterocycles. The predicted molar refractivity (Wildman–Crippen MR) is 72.6 cm³/mol. The predicted octanol–water partition coefficient (Wildman–Crippen LogP) is 2.56. The van der Waals surface area contributed by atoms with Gasteiger partial charge in [0.1, 0.15) is 5.75 Å². The summed E-state index contributed by atoms with van der Waals surface area (Å²) in [5, 5.41) is 0.744. The van der Waals surface area contributed by atoms with Gasteiger partial charge in [-0.3, -0.25) is 0 Å². The lowest BCUT2D eigenvalue weighted by molar-refractivity contribution is 0.1000. The minimum absolute atomic E-state index is 0.742. The highest BCUT2D eigenvalue weighted by Gasteiger charge is 2.13. The van der Waals surface area contributed by atoms with Crippen molar-refractivity contribution in [3.63, 3.8) is 0 Å². The molecule has 0 bridgehead atoms. The quantitative estimate of drug-likeness (QED) is 0.647. The first-order valence-electron chi connectivity index (χ1n) is 6.02. The van der Waals surface area contributed by atoms with Gasteiger partial charge in [-0.15, -0.1) is 0 Å². The molecular formula is C13H19NO2S. The topological polar surface area (TPSA) is 44.5 Å². The lowest BCUT2D eigenvalue weighted by Gasteiger charge is -2.21. The summed E-state index contributed by atoms with van der Waals surface area (Å²) in [6.45, 7) is 2.56. The smallest absolute Gasteiger partial charge is 0.121 e. The molecule has 17 heavy (non-hydrogen) atoms. The monoisotopic (exact) mass is 253 g/mol. The Morgan fingerprint density at radius 2 is 2.18 bits per heavy atom. The minimum atomic E-state index is 0.742. The summed E-state index contributed by atoms with van der Waals surface area (Å²) in [7, 11) is 0. The lowest BCUT2D eigenvalue weighted by Crippen LogP contribution is -2.18. The van der Waals surface area contributed by atoms with Gasteiger partial charge in [0.15, 0.2) is 0 Å². The number of anilines is 1. The van der Waals surface area contributed by atoms with Crippen LogP contribution in [-0.2, 0) is 4.74 Å². The van der Waals surface area contributed by atoms with Crippen LogP contribution in [0.3, 0.4) is 0 Å². The van der Waals surface area contributed by atoms with E-state index >= 15 is 0 Å². The van der Waals surface area contributed by atoms with E-state index in [-0.39, 0.29) is 0 Å². The van der Waals surface area contributed by atoms with Crippen LogP contribution in [0.5, 0.6) is 5.75 Å². The van der Waals surface area contributed by atoms with Crippen molar-refractivity contribution >= 4 is 17.4 Å². The van der Waals surface area contributed by atoms with E-state index in [4.69, 9.17) is 15.2 Å². The Balaban J connectivity index is 1.62. The van der Waals surface area contributed by atoms with Crippen molar-refractivity contribution < 1.29 is 9.47 Å². The summed E-state index contributed by atoms with van der Waals surface area (Å²) >= 11 is 1.98. The van der Waals surface area contributed by atoms with E-state index < -0.39 is 0 Å². The number of thioether (sulfide) groups is 1. The Kier molecular flexibility index (Phi) is 5.01. The van der Waals surface area contributed by atoms with Gasteiger partial charge < -0.3 is 15.2 Å². The highest BCUT2D eigenvalue weighted by molar-refractivity contribution is 7.99. The van der Waals surface area contributed by atoms with Gasteiger partial charge in [0, 0.05) is 36.0 Å². The molecule has 94 valence electrons. The molecule has 1 fully saturated rings. The van der Waals surface area contributed by atoms with Crippen molar-refractivity contribution in [3.05, 3.63) is 24.3 Å². The van der Waals surface area contributed by atoms with Crippen molar-refractivity contribution in [2.45, 2.75) is 18.1 Å². The fourth-order valence-corrected chi connectivity index (χ4v) is 2.86. The van der Waals surface area contributed by atoms with Gasteiger partial charge in [-0.2, -0.15) is 11.8 Å². The van der Waals surface area contributed by atoms with Crippen molar-refractivity contribution in [1.82, 2.24) is 0 Å². The summed E-state index contributed by atoms with van der Waals surface area (Å²) in [5.41, 5.74) is 6.43. The van der Waals surface area contributed by atoms with Gasteiger partial charge in [0.25, 0.3) is 0 Å². The van der Waals surface area contributed by atoms with Crippen LogP contribution in [-0.4, -0.2) is 30.8 Å². The Morgan fingerprint density at radius 3 is 2.94 bits per heavy atom. The summed E-state index contributed by atoms with van der Waals surface area (Å²) in [4.78, 5) is 0. The molecule has 1 aromatic carbocycles. The summed E-state index contributed by atoms with van der Waals surface area (Å²) in [6, 6.07) is 7.58. The molecule has 0 atom stereocenters. The maximum atomic E-state index is 5.68. The van der Waals surface area contributed by atoms with Crippen LogP contribution in [0, 0.1) is 0 Å². The van der Waals surface area contributed by atoms with E-state index in [0.29, 0.717) is 0 Å². The van der Waals surface area contributed by atoms with Crippen LogP contribution in [0.2, 0.25) is 0 Å². The van der Waals surface area contributed by atoms with E-state index in [1.807, 2.05) is 36.0 Å². The normalized spacial score (nSPS) is 16.9. The molecule has 2 rings (SSSR count). The average molecular weight is 253 g/mol. The third-order valence-electron chi connectivity index (χ3n) is 2.73. The second-order valence-corrected chi connectivity index (χ2v) is 5.51. The second kappa shape index (κ2) is 6.77. The standard InChI is InChI=1S/C13H19NO2S/c14-11-2-1-3-12(10-11)16-8-9-17-13-4-6-15-7-5-13/h1-3,10,13H,4-9,14H2. The van der Waals surface area contributed by atoms with Crippen LogP contribution in [0.1, 0.15) is 12.8 Å². The summed E-state index contributed by atoms with van der Waals surface area (Å²) < 4.78 is 11.0. The number of rotatable bonds is 5. The maximum Gasteiger partial charge on any atom is 0.121 e. The zero-order valence-corrected chi connectivity index (χ0v) is 10.7. The molecule has 1 aromatic rings. The lowest BCUT2D eigenvalue weighted by atomic mass is 10.2. The third kappa shape index (κ3) is 4.48. The molecular weight excluding hydrogens is 234 g/mol. The molecule has 1 aliphatic rings. The van der Waals surface area contributed by atoms with Crippen LogP contribution >= 0.6 is 11.8 Å². The van der Waals surface area contributed by atoms with Gasteiger partial charge in [0.05, 0.1) is 6.61 Å². The first-order chi connectivity index (χ1) is 8.34. The Labute approximate surface area is 107 Å². The summed E-state index contributed by atoms with van der Waals surface area (Å²) in [5.74, 6) is 1.89. The molecule has 1 saturated heterocycles. The van der Waals surface area contributed by atoms with Crippen molar-refractivity contribution in [2.75, 3.05) is 31.3 Å². The fourth-order valence-electron chi connectivity index (χ4n) is 1.82. The zero-order valence-electron chi connectivity index (χ0n) is 9.93. The van der Waals surface area contributed by atoms with Crippen LogP contribution < -0.4 is 10.5 Å². The SMILES string of the molecule is Nc1cccc(OCCSC2CCOCC2)c1. The Bertz CT molecular complexity index is 340. The molecule has 0 radical (unpaired) electrons. The van der Waals surface area contributed by atoms with E-state index in [1.54, 1.807) is 0 Å². The Hall–Kier alpha value is -0.870. The molecule has 0 spiro atoms. The molecule has 3 nitrogen and oxygen atoms in total. The molecule has 0 unspecified atom stereocenters. The molecule has 1 aliphatic heterocycles. The molecule has 0 aliphatic carbocycles. The first kappa shape index (κ1) is 12.6. The van der Waals surface area contributed by atoms with Crippen molar-refractivity contribution in [2.24, 2.45) is 0 Å². The summed E-state index contributed by atoms with van der Waals surface area (Å²) in [6.07, 6.45) is 2.34. The van der Waals surface area contributed by atoms with Gasteiger partial charge >= 0.3 is 0 Å². The van der Waals surface area contributed by atoms with Gasteiger partial charge in [0.2, 0.25) is 0 Å². The van der Waals surface area contributed by atoms with E-state index in [2.05, 4.69) is 0 Å². The maximum absolute atomic E-state index is 5.68. The number of hydrogen-bond donors (Lipinski definition) is 1. The van der Waals surface area contributed by atoms with Gasteiger partial charge in [-0.1, -0.05) is 6.07 Å². The van der Waals surface area contributed by atoms with E-state index in [1.165, 1.54) is 12.8 Å². The molecule has 1 heterocycles. The highest BCUT2D eigenvalue weighted by atomic mass is 32.2. The number of nitrogen functional groups attached to an aromatic ring is 1. The van der Waals surface area contributed by atoms with Crippen molar-refractivity contribution in [3.8, 4) is 5.75 Å². The number of hydrogen-bond acceptors (Lipinski definition) is 4. The van der Waals surface area contributed by atoms with Crippen LogP contribution in [0.25, 0.3) is 0 Å². The molecule has 4 heteroatoms. The van der Waals surface area contributed by atoms with E-state index in [9.17, 15) is 0 Å². The van der Waals surface area contributed by atoms with E-state index in [0.717, 1.165) is 42.3 Å². The Morgan fingerprint density at radius 1 is 1.35 bits per heavy atom. The van der Waals surface area contributed by atoms with Crippen molar-refractivity contribution in [1.29, 1.82) is 0 Å². The highest BCUT2D eigenvalue weighted by Crippen LogP contribution is 2.22. The first-order valence-corrected chi connectivity index (χ1v) is 7.07. The van der Waals surface area contributed by atoms with Crippen LogP contribution in [0.4, 0.5) is 5.69 Å². The third-order valence-corrected chi connectivity index (χ3v) is 4.08. The fraction of sp³-hybridized carbons (Fsp3) is 0.538. The van der Waals surface area contributed by atoms with Crippen LogP contribution in [0.15, 0.2) is 24.3 Å². The van der Waals surface area contributed by atoms with Gasteiger partial charge in [-0.05, 0) is 25.0 Å². The largest absolute Gasteiger partial charge is 0.493 e. The molecule has 2 N–H and O–H groups in total. The minimum Gasteiger partial charge on any atom is -0.493 e.